The third-order valence-corrected chi connectivity index (χ3v) is 7.19. The minimum Gasteiger partial charge on any atom is -0.354 e. The van der Waals surface area contributed by atoms with E-state index in [1.807, 2.05) is 60.7 Å². The number of unbranched alkanes of at least 4 members (excludes halogenated alkanes) is 1. The highest BCUT2D eigenvalue weighted by Gasteiger charge is 2.30. The number of carbonyl (C=O) groups excluding carboxylic acids is 2. The van der Waals surface area contributed by atoms with Gasteiger partial charge in [0.2, 0.25) is 11.8 Å². The number of nitrogens with zero attached hydrogens (tertiary/aromatic N) is 1. The summed E-state index contributed by atoms with van der Waals surface area (Å²) in [5.41, 5.74) is 1.80. The quantitative estimate of drug-likeness (QED) is 0.211. The van der Waals surface area contributed by atoms with E-state index in [2.05, 4.69) is 12.2 Å². The highest BCUT2D eigenvalue weighted by Crippen LogP contribution is 2.24. The van der Waals surface area contributed by atoms with E-state index in [0.717, 1.165) is 28.9 Å². The zero-order valence-electron chi connectivity index (χ0n) is 19.8. The van der Waals surface area contributed by atoms with Crippen molar-refractivity contribution in [3.63, 3.8) is 0 Å². The summed E-state index contributed by atoms with van der Waals surface area (Å²) in [6.07, 6.45) is 2.28. The first-order chi connectivity index (χ1) is 17.0. The summed E-state index contributed by atoms with van der Waals surface area (Å²) in [6.45, 7) is 2.90. The molecule has 35 heavy (non-hydrogen) atoms. The Morgan fingerprint density at radius 1 is 0.943 bits per heavy atom. The van der Waals surface area contributed by atoms with Gasteiger partial charge in [-0.05, 0) is 47.9 Å². The molecule has 0 fully saturated rings. The van der Waals surface area contributed by atoms with E-state index >= 15 is 0 Å². The Morgan fingerprint density at radius 3 is 2.31 bits per heavy atom. The summed E-state index contributed by atoms with van der Waals surface area (Å²) >= 11 is 13.9. The molecule has 0 saturated carbocycles. The van der Waals surface area contributed by atoms with Crippen molar-refractivity contribution in [2.24, 2.45) is 0 Å². The summed E-state index contributed by atoms with van der Waals surface area (Å²) in [6, 6.07) is 23.9. The Balaban J connectivity index is 1.88. The number of hydrogen-bond acceptors (Lipinski definition) is 3. The molecule has 4 nitrogen and oxygen atoms in total. The zero-order valence-corrected chi connectivity index (χ0v) is 22.1. The van der Waals surface area contributed by atoms with E-state index in [0.29, 0.717) is 23.0 Å². The largest absolute Gasteiger partial charge is 0.354 e. The summed E-state index contributed by atoms with van der Waals surface area (Å²) < 4.78 is 0. The highest BCUT2D eigenvalue weighted by molar-refractivity contribution is 8.00. The normalized spacial score (nSPS) is 11.6. The number of amides is 2. The van der Waals surface area contributed by atoms with Crippen molar-refractivity contribution in [3.8, 4) is 0 Å². The fourth-order valence-electron chi connectivity index (χ4n) is 3.63. The van der Waals surface area contributed by atoms with Crippen LogP contribution >= 0.6 is 35.0 Å². The standard InChI is InChI=1S/C28H30Cl2N2O2S/c1-2-3-17-31-28(34)26(18-21-9-5-4-6-10-21)32(19-22-11-7-8-12-25(22)30)27(33)20-35-24-15-13-23(29)14-16-24/h4-16,26H,2-3,17-20H2,1H3,(H,31,34)/t26-/m1/s1. The number of nitrogens with one attached hydrogen (secondary N) is 1. The molecule has 1 atom stereocenters. The first-order valence-corrected chi connectivity index (χ1v) is 13.4. The van der Waals surface area contributed by atoms with Crippen LogP contribution in [0.1, 0.15) is 30.9 Å². The summed E-state index contributed by atoms with van der Waals surface area (Å²) in [5, 5.41) is 4.25. The van der Waals surface area contributed by atoms with Crippen molar-refractivity contribution < 1.29 is 9.59 Å². The molecular weight excluding hydrogens is 499 g/mol. The van der Waals surface area contributed by atoms with Gasteiger partial charge in [0.25, 0.3) is 0 Å². The summed E-state index contributed by atoms with van der Waals surface area (Å²) in [5.74, 6) is -0.0878. The Hall–Kier alpha value is -2.47. The van der Waals surface area contributed by atoms with Gasteiger partial charge in [0.1, 0.15) is 6.04 Å². The van der Waals surface area contributed by atoms with E-state index in [4.69, 9.17) is 23.2 Å². The fraction of sp³-hybridized carbons (Fsp3) is 0.286. The van der Waals surface area contributed by atoms with Crippen LogP contribution in [-0.4, -0.2) is 35.1 Å². The molecule has 3 rings (SSSR count). The predicted molar refractivity (Wildman–Crippen MR) is 146 cm³/mol. The van der Waals surface area contributed by atoms with Crippen molar-refractivity contribution in [1.29, 1.82) is 0 Å². The third-order valence-electron chi connectivity index (χ3n) is 5.58. The highest BCUT2D eigenvalue weighted by atomic mass is 35.5. The Kier molecular flexibility index (Phi) is 11.0. The molecule has 0 aliphatic carbocycles. The molecule has 0 unspecified atom stereocenters. The van der Waals surface area contributed by atoms with Crippen LogP contribution in [0.5, 0.6) is 0 Å². The molecule has 3 aromatic carbocycles. The van der Waals surface area contributed by atoms with Crippen LogP contribution in [0.15, 0.2) is 83.8 Å². The number of hydrogen-bond donors (Lipinski definition) is 1. The molecular formula is C28H30Cl2N2O2S. The molecule has 1 N–H and O–H groups in total. The monoisotopic (exact) mass is 528 g/mol. The van der Waals surface area contributed by atoms with Crippen LogP contribution in [0.2, 0.25) is 10.0 Å². The van der Waals surface area contributed by atoms with Gasteiger partial charge in [0.15, 0.2) is 0 Å². The molecule has 0 bridgehead atoms. The molecule has 0 heterocycles. The molecule has 0 spiro atoms. The van der Waals surface area contributed by atoms with Gasteiger partial charge < -0.3 is 10.2 Å². The summed E-state index contributed by atoms with van der Waals surface area (Å²) in [7, 11) is 0. The average Bonchev–Trinajstić information content (AvgIpc) is 2.87. The fourth-order valence-corrected chi connectivity index (χ4v) is 4.74. The minimum absolute atomic E-state index is 0.128. The Bertz CT molecular complexity index is 1090. The van der Waals surface area contributed by atoms with Crippen LogP contribution < -0.4 is 5.32 Å². The molecule has 0 radical (unpaired) electrons. The number of halogens is 2. The lowest BCUT2D eigenvalue weighted by molar-refractivity contribution is -0.139. The maximum absolute atomic E-state index is 13.6. The topological polar surface area (TPSA) is 49.4 Å². The van der Waals surface area contributed by atoms with Gasteiger partial charge in [0.05, 0.1) is 5.75 Å². The molecule has 0 aliphatic rings. The molecule has 0 aliphatic heterocycles. The second kappa shape index (κ2) is 14.2. The second-order valence-corrected chi connectivity index (χ2v) is 10.1. The van der Waals surface area contributed by atoms with Crippen molar-refractivity contribution in [1.82, 2.24) is 10.2 Å². The molecule has 184 valence electrons. The third kappa shape index (κ3) is 8.60. The molecule has 7 heteroatoms. The van der Waals surface area contributed by atoms with Crippen LogP contribution in [0, 0.1) is 0 Å². The molecule has 3 aromatic rings. The van der Waals surface area contributed by atoms with Crippen LogP contribution in [-0.2, 0) is 22.6 Å². The second-order valence-electron chi connectivity index (χ2n) is 8.21. The first kappa shape index (κ1) is 27.1. The predicted octanol–water partition coefficient (Wildman–Crippen LogP) is 6.64. The smallest absolute Gasteiger partial charge is 0.243 e. The number of rotatable bonds is 12. The van der Waals surface area contributed by atoms with Gasteiger partial charge in [-0.1, -0.05) is 85.1 Å². The van der Waals surface area contributed by atoms with Crippen molar-refractivity contribution >= 4 is 46.8 Å². The number of benzene rings is 3. The van der Waals surface area contributed by atoms with Crippen LogP contribution in [0.4, 0.5) is 0 Å². The average molecular weight is 530 g/mol. The van der Waals surface area contributed by atoms with Gasteiger partial charge in [0, 0.05) is 34.5 Å². The van der Waals surface area contributed by atoms with E-state index < -0.39 is 6.04 Å². The van der Waals surface area contributed by atoms with Crippen molar-refractivity contribution in [2.75, 3.05) is 12.3 Å². The first-order valence-electron chi connectivity index (χ1n) is 11.7. The van der Waals surface area contributed by atoms with Crippen LogP contribution in [0.3, 0.4) is 0 Å². The van der Waals surface area contributed by atoms with Gasteiger partial charge in [-0.25, -0.2) is 0 Å². The summed E-state index contributed by atoms with van der Waals surface area (Å²) in [4.78, 5) is 29.6. The maximum Gasteiger partial charge on any atom is 0.243 e. The van der Waals surface area contributed by atoms with Crippen molar-refractivity contribution in [3.05, 3.63) is 100 Å². The van der Waals surface area contributed by atoms with Gasteiger partial charge >= 0.3 is 0 Å². The van der Waals surface area contributed by atoms with E-state index in [-0.39, 0.29) is 24.1 Å². The number of carbonyl (C=O) groups is 2. The van der Waals surface area contributed by atoms with E-state index in [9.17, 15) is 9.59 Å². The van der Waals surface area contributed by atoms with Gasteiger partial charge in [-0.15, -0.1) is 11.8 Å². The van der Waals surface area contributed by atoms with Crippen LogP contribution in [0.25, 0.3) is 0 Å². The molecule has 0 aromatic heterocycles. The number of thioether (sulfide) groups is 1. The Labute approximate surface area is 222 Å². The zero-order chi connectivity index (χ0) is 25.0. The minimum atomic E-state index is -0.663. The Morgan fingerprint density at radius 2 is 1.63 bits per heavy atom. The van der Waals surface area contributed by atoms with Crippen molar-refractivity contribution in [2.45, 2.75) is 43.7 Å². The lowest BCUT2D eigenvalue weighted by Crippen LogP contribution is -2.51. The maximum atomic E-state index is 13.6. The molecule has 2 amide bonds. The lowest BCUT2D eigenvalue weighted by Gasteiger charge is -2.32. The lowest BCUT2D eigenvalue weighted by atomic mass is 10.0. The van der Waals surface area contributed by atoms with Gasteiger partial charge in [-0.3, -0.25) is 9.59 Å². The van der Waals surface area contributed by atoms with E-state index in [1.54, 1.807) is 23.1 Å². The molecule has 0 saturated heterocycles. The SMILES string of the molecule is CCCCNC(=O)[C@@H](Cc1ccccc1)N(Cc1ccccc1Cl)C(=O)CSc1ccc(Cl)cc1. The van der Waals surface area contributed by atoms with Gasteiger partial charge in [-0.2, -0.15) is 0 Å². The van der Waals surface area contributed by atoms with E-state index in [1.165, 1.54) is 11.8 Å².